The molecule has 2 heterocycles. The van der Waals surface area contributed by atoms with Crippen molar-refractivity contribution in [1.29, 1.82) is 0 Å². The average molecular weight is 382 g/mol. The van der Waals surface area contributed by atoms with E-state index in [-0.39, 0.29) is 17.7 Å². The van der Waals surface area contributed by atoms with E-state index in [2.05, 4.69) is 10.3 Å². The van der Waals surface area contributed by atoms with Crippen molar-refractivity contribution in [3.05, 3.63) is 65.3 Å². The molecule has 0 radical (unpaired) electrons. The van der Waals surface area contributed by atoms with E-state index in [1.165, 1.54) is 0 Å². The van der Waals surface area contributed by atoms with Gasteiger partial charge in [0.1, 0.15) is 0 Å². The zero-order valence-corrected chi connectivity index (χ0v) is 15.5. The lowest BCUT2D eigenvalue weighted by Crippen LogP contribution is -2.43. The van der Waals surface area contributed by atoms with Crippen LogP contribution in [0.5, 0.6) is 0 Å². The number of nitrogens with one attached hydrogen (secondary N) is 2. The van der Waals surface area contributed by atoms with Gasteiger partial charge < -0.3 is 15.2 Å². The van der Waals surface area contributed by atoms with Gasteiger partial charge in [-0.3, -0.25) is 9.59 Å². The number of piperidine rings is 1. The summed E-state index contributed by atoms with van der Waals surface area (Å²) in [5.74, 6) is -0.308. The fourth-order valence-corrected chi connectivity index (χ4v) is 3.64. The summed E-state index contributed by atoms with van der Waals surface area (Å²) in [6, 6.07) is 14.7. The normalized spacial score (nSPS) is 17.1. The molecular weight excluding hydrogens is 362 g/mol. The first-order valence-corrected chi connectivity index (χ1v) is 9.41. The highest BCUT2D eigenvalue weighted by atomic mass is 35.5. The third-order valence-corrected chi connectivity index (χ3v) is 5.25. The number of hydrogen-bond acceptors (Lipinski definition) is 2. The number of halogens is 1. The standard InChI is InChI=1S/C21H20ClN3O2/c22-17-5-7-18(8-6-17)24-20(26)16-2-1-11-25(13-16)21(27)15-4-3-14-9-10-23-19(14)12-15/h3-10,12,16,23H,1-2,11,13H2,(H,24,26)/t16-/m0/s1. The van der Waals surface area contributed by atoms with Crippen molar-refractivity contribution in [3.8, 4) is 0 Å². The first-order chi connectivity index (χ1) is 13.1. The third-order valence-electron chi connectivity index (χ3n) is 4.99. The van der Waals surface area contributed by atoms with Gasteiger partial charge in [0.25, 0.3) is 5.91 Å². The van der Waals surface area contributed by atoms with Crippen LogP contribution in [0.15, 0.2) is 54.7 Å². The third kappa shape index (κ3) is 3.83. The maximum absolute atomic E-state index is 12.9. The van der Waals surface area contributed by atoms with E-state index in [0.717, 1.165) is 23.7 Å². The quantitative estimate of drug-likeness (QED) is 0.709. The lowest BCUT2D eigenvalue weighted by molar-refractivity contribution is -0.121. The molecule has 0 bridgehead atoms. The van der Waals surface area contributed by atoms with Gasteiger partial charge in [0.15, 0.2) is 0 Å². The summed E-state index contributed by atoms with van der Waals surface area (Å²) in [5, 5.41) is 4.62. The van der Waals surface area contributed by atoms with E-state index in [9.17, 15) is 9.59 Å². The van der Waals surface area contributed by atoms with E-state index < -0.39 is 0 Å². The Labute approximate surface area is 162 Å². The second-order valence-corrected chi connectivity index (χ2v) is 7.30. The molecule has 1 atom stereocenters. The highest BCUT2D eigenvalue weighted by molar-refractivity contribution is 6.30. The van der Waals surface area contributed by atoms with E-state index in [1.54, 1.807) is 29.2 Å². The Balaban J connectivity index is 1.44. The minimum atomic E-state index is -0.215. The molecule has 0 saturated carbocycles. The fourth-order valence-electron chi connectivity index (χ4n) is 3.52. The second kappa shape index (κ2) is 7.45. The van der Waals surface area contributed by atoms with Gasteiger partial charge in [-0.1, -0.05) is 17.7 Å². The van der Waals surface area contributed by atoms with Crippen LogP contribution in [0.1, 0.15) is 23.2 Å². The summed E-state index contributed by atoms with van der Waals surface area (Å²) in [7, 11) is 0. The molecular formula is C21H20ClN3O2. The molecule has 0 spiro atoms. The average Bonchev–Trinajstić information content (AvgIpc) is 3.17. The molecule has 1 saturated heterocycles. The number of hydrogen-bond donors (Lipinski definition) is 2. The lowest BCUT2D eigenvalue weighted by atomic mass is 9.96. The van der Waals surface area contributed by atoms with Gasteiger partial charge >= 0.3 is 0 Å². The number of rotatable bonds is 3. The predicted molar refractivity (Wildman–Crippen MR) is 107 cm³/mol. The first-order valence-electron chi connectivity index (χ1n) is 9.03. The number of amides is 2. The summed E-state index contributed by atoms with van der Waals surface area (Å²) in [4.78, 5) is 30.4. The van der Waals surface area contributed by atoms with Gasteiger partial charge in [-0.2, -0.15) is 0 Å². The summed E-state index contributed by atoms with van der Waals surface area (Å²) in [6.07, 6.45) is 3.45. The fraction of sp³-hybridized carbons (Fsp3) is 0.238. The van der Waals surface area contributed by atoms with E-state index in [4.69, 9.17) is 11.6 Å². The van der Waals surface area contributed by atoms with Crippen LogP contribution in [-0.4, -0.2) is 34.8 Å². The summed E-state index contributed by atoms with van der Waals surface area (Å²) < 4.78 is 0. The largest absolute Gasteiger partial charge is 0.361 e. The summed E-state index contributed by atoms with van der Waals surface area (Å²) in [6.45, 7) is 1.10. The number of fused-ring (bicyclic) bond motifs is 1. The first kappa shape index (κ1) is 17.6. The van der Waals surface area contributed by atoms with Crippen molar-refractivity contribution in [1.82, 2.24) is 9.88 Å². The van der Waals surface area contributed by atoms with Crippen molar-refractivity contribution in [2.45, 2.75) is 12.8 Å². The number of benzene rings is 2. The number of aromatic nitrogens is 1. The molecule has 5 nitrogen and oxygen atoms in total. The molecule has 1 fully saturated rings. The van der Waals surface area contributed by atoms with Gasteiger partial charge in [0.2, 0.25) is 5.91 Å². The molecule has 138 valence electrons. The van der Waals surface area contributed by atoms with E-state index >= 15 is 0 Å². The van der Waals surface area contributed by atoms with Crippen molar-refractivity contribution in [2.75, 3.05) is 18.4 Å². The molecule has 0 unspecified atom stereocenters. The maximum Gasteiger partial charge on any atom is 0.253 e. The van der Waals surface area contributed by atoms with Gasteiger partial charge in [0, 0.05) is 41.1 Å². The second-order valence-electron chi connectivity index (χ2n) is 6.87. The number of aromatic amines is 1. The van der Waals surface area contributed by atoms with E-state index in [1.807, 2.05) is 30.5 Å². The monoisotopic (exact) mass is 381 g/mol. The number of H-pyrrole nitrogens is 1. The van der Waals surface area contributed by atoms with Crippen LogP contribution in [0, 0.1) is 5.92 Å². The van der Waals surface area contributed by atoms with Crippen molar-refractivity contribution in [2.24, 2.45) is 5.92 Å². The highest BCUT2D eigenvalue weighted by Crippen LogP contribution is 2.22. The Kier molecular flexibility index (Phi) is 4.86. The smallest absolute Gasteiger partial charge is 0.253 e. The number of anilines is 1. The van der Waals surface area contributed by atoms with Crippen molar-refractivity contribution in [3.63, 3.8) is 0 Å². The predicted octanol–water partition coefficient (Wildman–Crippen LogP) is 4.31. The zero-order valence-electron chi connectivity index (χ0n) is 14.7. The van der Waals surface area contributed by atoms with Gasteiger partial charge in [-0.15, -0.1) is 0 Å². The van der Waals surface area contributed by atoms with Gasteiger partial charge in [-0.25, -0.2) is 0 Å². The molecule has 2 aromatic carbocycles. The molecule has 1 aliphatic rings. The molecule has 4 rings (SSSR count). The molecule has 1 aromatic heterocycles. The number of carbonyl (C=O) groups excluding carboxylic acids is 2. The Morgan fingerprint density at radius 2 is 1.93 bits per heavy atom. The van der Waals surface area contributed by atoms with E-state index in [0.29, 0.717) is 29.4 Å². The zero-order chi connectivity index (χ0) is 18.8. The Bertz CT molecular complexity index is 981. The Hall–Kier alpha value is -2.79. The summed E-state index contributed by atoms with van der Waals surface area (Å²) in [5.41, 5.74) is 2.30. The number of likely N-dealkylation sites (tertiary alicyclic amines) is 1. The molecule has 3 aromatic rings. The Morgan fingerprint density at radius 1 is 1.11 bits per heavy atom. The highest BCUT2D eigenvalue weighted by Gasteiger charge is 2.29. The molecule has 27 heavy (non-hydrogen) atoms. The van der Waals surface area contributed by atoms with Crippen molar-refractivity contribution < 1.29 is 9.59 Å². The minimum absolute atomic E-state index is 0.0320. The molecule has 2 N–H and O–H groups in total. The van der Waals surface area contributed by atoms with Crippen LogP contribution in [0.2, 0.25) is 5.02 Å². The molecule has 1 aliphatic heterocycles. The van der Waals surface area contributed by atoms with Crippen LogP contribution in [0.4, 0.5) is 5.69 Å². The van der Waals surface area contributed by atoms with Gasteiger partial charge in [0.05, 0.1) is 5.92 Å². The lowest BCUT2D eigenvalue weighted by Gasteiger charge is -2.32. The molecule has 0 aliphatic carbocycles. The van der Waals surface area contributed by atoms with Crippen LogP contribution in [0.3, 0.4) is 0 Å². The van der Waals surface area contributed by atoms with Crippen LogP contribution < -0.4 is 5.32 Å². The van der Waals surface area contributed by atoms with Crippen LogP contribution in [-0.2, 0) is 4.79 Å². The van der Waals surface area contributed by atoms with Crippen molar-refractivity contribution >= 4 is 40.0 Å². The molecule has 2 amide bonds. The summed E-state index contributed by atoms with van der Waals surface area (Å²) >= 11 is 5.88. The molecule has 6 heteroatoms. The van der Waals surface area contributed by atoms with Gasteiger partial charge in [-0.05, 0) is 60.7 Å². The Morgan fingerprint density at radius 3 is 2.74 bits per heavy atom. The minimum Gasteiger partial charge on any atom is -0.361 e. The number of carbonyl (C=O) groups is 2. The number of nitrogens with zero attached hydrogens (tertiary/aromatic N) is 1. The SMILES string of the molecule is O=C(Nc1ccc(Cl)cc1)[C@H]1CCCN(C(=O)c2ccc3cc[nH]c3c2)C1. The maximum atomic E-state index is 12.9. The van der Waals surface area contributed by atoms with Crippen LogP contribution in [0.25, 0.3) is 10.9 Å². The van der Waals surface area contributed by atoms with Crippen LogP contribution >= 0.6 is 11.6 Å². The topological polar surface area (TPSA) is 65.2 Å².